The molecule has 1 aliphatic heterocycles. The first-order chi connectivity index (χ1) is 9.99. The van der Waals surface area contributed by atoms with Gasteiger partial charge in [0.1, 0.15) is 0 Å². The zero-order valence-corrected chi connectivity index (χ0v) is 13.2. The third-order valence-corrected chi connectivity index (χ3v) is 4.17. The minimum atomic E-state index is -0.0510. The summed E-state index contributed by atoms with van der Waals surface area (Å²) in [5.41, 5.74) is 7.96. The van der Waals surface area contributed by atoms with Gasteiger partial charge in [0.05, 0.1) is 5.56 Å². The normalized spacial score (nSPS) is 19.3. The molecule has 0 aromatic heterocycles. The Bertz CT molecular complexity index is 501. The van der Waals surface area contributed by atoms with E-state index in [-0.39, 0.29) is 5.91 Å². The van der Waals surface area contributed by atoms with Gasteiger partial charge in [0, 0.05) is 38.1 Å². The lowest BCUT2D eigenvalue weighted by Crippen LogP contribution is -2.44. The Kier molecular flexibility index (Phi) is 5.07. The van der Waals surface area contributed by atoms with E-state index in [9.17, 15) is 4.79 Å². The van der Waals surface area contributed by atoms with E-state index in [0.29, 0.717) is 23.8 Å². The van der Waals surface area contributed by atoms with Crippen molar-refractivity contribution in [2.24, 2.45) is 0 Å². The largest absolute Gasteiger partial charge is 0.399 e. The maximum Gasteiger partial charge on any atom is 0.253 e. The maximum atomic E-state index is 12.5. The minimum Gasteiger partial charge on any atom is -0.399 e. The number of anilines is 2. The van der Waals surface area contributed by atoms with Crippen molar-refractivity contribution in [3.8, 4) is 0 Å². The Balaban J connectivity index is 2.04. The molecule has 116 valence electrons. The first kappa shape index (κ1) is 15.6. The van der Waals surface area contributed by atoms with Crippen molar-refractivity contribution in [2.75, 3.05) is 44.9 Å². The number of nitrogen functional groups attached to an aromatic ring is 1. The van der Waals surface area contributed by atoms with Crippen LogP contribution in [0, 0.1) is 0 Å². The highest BCUT2D eigenvalue weighted by Gasteiger charge is 2.20. The third kappa shape index (κ3) is 3.88. The average molecular weight is 290 g/mol. The number of hydrogen-bond donors (Lipinski definition) is 2. The van der Waals surface area contributed by atoms with Crippen molar-refractivity contribution < 1.29 is 4.79 Å². The van der Waals surface area contributed by atoms with Crippen LogP contribution in [0.4, 0.5) is 11.4 Å². The molecule has 0 bridgehead atoms. The SMILES string of the molecule is CN(C)c1ccc(N)cc1C(=O)NCC1CCCCN1C. The maximum absolute atomic E-state index is 12.5. The molecule has 1 heterocycles. The summed E-state index contributed by atoms with van der Waals surface area (Å²) >= 11 is 0. The van der Waals surface area contributed by atoms with E-state index in [1.807, 2.05) is 31.1 Å². The van der Waals surface area contributed by atoms with Gasteiger partial charge in [-0.05, 0) is 44.6 Å². The van der Waals surface area contributed by atoms with Gasteiger partial charge in [0.25, 0.3) is 5.91 Å². The van der Waals surface area contributed by atoms with Crippen LogP contribution in [0.15, 0.2) is 18.2 Å². The Labute approximate surface area is 127 Å². The van der Waals surface area contributed by atoms with Crippen LogP contribution in [0.1, 0.15) is 29.6 Å². The quantitative estimate of drug-likeness (QED) is 0.826. The second-order valence-electron chi connectivity index (χ2n) is 6.01. The molecule has 2 rings (SSSR count). The van der Waals surface area contributed by atoms with Gasteiger partial charge in [-0.3, -0.25) is 4.79 Å². The fourth-order valence-corrected chi connectivity index (χ4v) is 2.83. The lowest BCUT2D eigenvalue weighted by atomic mass is 10.0. The zero-order valence-electron chi connectivity index (χ0n) is 13.2. The van der Waals surface area contributed by atoms with E-state index in [4.69, 9.17) is 5.73 Å². The van der Waals surface area contributed by atoms with Crippen molar-refractivity contribution in [1.29, 1.82) is 0 Å². The van der Waals surface area contributed by atoms with Crippen molar-refractivity contribution in [3.63, 3.8) is 0 Å². The molecule has 0 spiro atoms. The summed E-state index contributed by atoms with van der Waals surface area (Å²) in [6, 6.07) is 5.89. The van der Waals surface area contributed by atoms with Crippen LogP contribution >= 0.6 is 0 Å². The van der Waals surface area contributed by atoms with Crippen LogP contribution in [-0.4, -0.2) is 51.1 Å². The fourth-order valence-electron chi connectivity index (χ4n) is 2.83. The van der Waals surface area contributed by atoms with Crippen molar-refractivity contribution >= 4 is 17.3 Å². The highest BCUT2D eigenvalue weighted by molar-refractivity contribution is 6.00. The van der Waals surface area contributed by atoms with Gasteiger partial charge in [-0.2, -0.15) is 0 Å². The number of nitrogens with one attached hydrogen (secondary N) is 1. The number of piperidine rings is 1. The summed E-state index contributed by atoms with van der Waals surface area (Å²) < 4.78 is 0. The van der Waals surface area contributed by atoms with Crippen LogP contribution in [-0.2, 0) is 0 Å². The molecule has 0 saturated carbocycles. The number of nitrogens with two attached hydrogens (primary N) is 1. The lowest BCUT2D eigenvalue weighted by Gasteiger charge is -2.32. The number of nitrogens with zero attached hydrogens (tertiary/aromatic N) is 2. The smallest absolute Gasteiger partial charge is 0.253 e. The Morgan fingerprint density at radius 3 is 2.86 bits per heavy atom. The summed E-state index contributed by atoms with van der Waals surface area (Å²) in [4.78, 5) is 16.7. The molecule has 1 aromatic carbocycles. The standard InChI is InChI=1S/C16H26N4O/c1-19(2)15-8-7-12(17)10-14(15)16(21)18-11-13-6-4-5-9-20(13)3/h7-8,10,13H,4-6,9,11,17H2,1-3H3,(H,18,21). The number of carbonyl (C=O) groups excluding carboxylic acids is 1. The number of carbonyl (C=O) groups is 1. The Morgan fingerprint density at radius 2 is 2.19 bits per heavy atom. The highest BCUT2D eigenvalue weighted by atomic mass is 16.1. The topological polar surface area (TPSA) is 61.6 Å². The van der Waals surface area contributed by atoms with Gasteiger partial charge >= 0.3 is 0 Å². The summed E-state index contributed by atoms with van der Waals surface area (Å²) in [5.74, 6) is -0.0510. The van der Waals surface area contributed by atoms with E-state index < -0.39 is 0 Å². The summed E-state index contributed by atoms with van der Waals surface area (Å²) in [5, 5.41) is 3.06. The highest BCUT2D eigenvalue weighted by Crippen LogP contribution is 2.21. The number of rotatable bonds is 4. The Hall–Kier alpha value is -1.75. The second kappa shape index (κ2) is 6.80. The first-order valence-electron chi connectivity index (χ1n) is 7.54. The van der Waals surface area contributed by atoms with Crippen molar-refractivity contribution in [3.05, 3.63) is 23.8 Å². The predicted molar refractivity (Wildman–Crippen MR) is 87.8 cm³/mol. The molecule has 21 heavy (non-hydrogen) atoms. The van der Waals surface area contributed by atoms with Gasteiger partial charge in [-0.15, -0.1) is 0 Å². The zero-order chi connectivity index (χ0) is 15.4. The molecule has 3 N–H and O–H groups in total. The van der Waals surface area contributed by atoms with Gasteiger partial charge in [0.2, 0.25) is 0 Å². The average Bonchev–Trinajstić information content (AvgIpc) is 2.45. The number of likely N-dealkylation sites (tertiary alicyclic amines) is 1. The molecule has 5 heteroatoms. The fraction of sp³-hybridized carbons (Fsp3) is 0.562. The van der Waals surface area contributed by atoms with Crippen LogP contribution in [0.25, 0.3) is 0 Å². The molecular weight excluding hydrogens is 264 g/mol. The van der Waals surface area contributed by atoms with Crippen LogP contribution < -0.4 is 16.0 Å². The molecule has 1 unspecified atom stereocenters. The Morgan fingerprint density at radius 1 is 1.43 bits per heavy atom. The molecule has 1 amide bonds. The third-order valence-electron chi connectivity index (χ3n) is 4.17. The monoisotopic (exact) mass is 290 g/mol. The van der Waals surface area contributed by atoms with Crippen molar-refractivity contribution in [1.82, 2.24) is 10.2 Å². The van der Waals surface area contributed by atoms with Crippen molar-refractivity contribution in [2.45, 2.75) is 25.3 Å². The summed E-state index contributed by atoms with van der Waals surface area (Å²) in [6.45, 7) is 1.80. The molecule has 0 aliphatic carbocycles. The minimum absolute atomic E-state index is 0.0510. The van der Waals surface area contributed by atoms with E-state index in [1.54, 1.807) is 6.07 Å². The van der Waals surface area contributed by atoms with E-state index >= 15 is 0 Å². The summed E-state index contributed by atoms with van der Waals surface area (Å²) in [7, 11) is 5.98. The van der Waals surface area contributed by atoms with Crippen LogP contribution in [0.5, 0.6) is 0 Å². The number of likely N-dealkylation sites (N-methyl/N-ethyl adjacent to an activating group) is 1. The van der Waals surface area contributed by atoms with Crippen LogP contribution in [0.2, 0.25) is 0 Å². The predicted octanol–water partition coefficient (Wildman–Crippen LogP) is 1.55. The van der Waals surface area contributed by atoms with Crippen LogP contribution in [0.3, 0.4) is 0 Å². The molecular formula is C16H26N4O. The molecule has 1 fully saturated rings. The van der Waals surface area contributed by atoms with E-state index in [2.05, 4.69) is 17.3 Å². The molecule has 1 aliphatic rings. The van der Waals surface area contributed by atoms with Gasteiger partial charge < -0.3 is 20.9 Å². The molecule has 1 saturated heterocycles. The van der Waals surface area contributed by atoms with Gasteiger partial charge in [-0.25, -0.2) is 0 Å². The van der Waals surface area contributed by atoms with E-state index in [0.717, 1.165) is 18.7 Å². The summed E-state index contributed by atoms with van der Waals surface area (Å²) in [6.07, 6.45) is 3.64. The van der Waals surface area contributed by atoms with Gasteiger partial charge in [0.15, 0.2) is 0 Å². The lowest BCUT2D eigenvalue weighted by molar-refractivity contribution is 0.0929. The molecule has 1 aromatic rings. The first-order valence-corrected chi connectivity index (χ1v) is 7.54. The molecule has 0 radical (unpaired) electrons. The number of amides is 1. The molecule has 1 atom stereocenters. The molecule has 5 nitrogen and oxygen atoms in total. The van der Waals surface area contributed by atoms with E-state index in [1.165, 1.54) is 12.8 Å². The van der Waals surface area contributed by atoms with Gasteiger partial charge in [-0.1, -0.05) is 6.42 Å². The number of hydrogen-bond acceptors (Lipinski definition) is 4. The number of benzene rings is 1. The second-order valence-corrected chi connectivity index (χ2v) is 6.01.